The van der Waals surface area contributed by atoms with E-state index in [0.29, 0.717) is 12.4 Å². The summed E-state index contributed by atoms with van der Waals surface area (Å²) in [7, 11) is 0. The first-order valence-electron chi connectivity index (χ1n) is 4.81. The fourth-order valence-corrected chi connectivity index (χ4v) is 1.62. The van der Waals surface area contributed by atoms with Crippen molar-refractivity contribution < 1.29 is 4.79 Å². The molecule has 1 atom stereocenters. The van der Waals surface area contributed by atoms with Gasteiger partial charge in [-0.1, -0.05) is 0 Å². The summed E-state index contributed by atoms with van der Waals surface area (Å²) >= 11 is 0. The number of piperazine rings is 1. The molecular formula is C9H13N5O. The zero-order valence-electron chi connectivity index (χ0n) is 8.47. The van der Waals surface area contributed by atoms with Crippen LogP contribution in [-0.4, -0.2) is 35.0 Å². The number of aromatic nitrogens is 2. The Bertz CT molecular complexity index is 381. The van der Waals surface area contributed by atoms with Gasteiger partial charge in [-0.05, 0) is 13.0 Å². The number of carbonyl (C=O) groups is 1. The Balaban J connectivity index is 2.26. The predicted octanol–water partition coefficient (Wildman–Crippen LogP) is -0.617. The van der Waals surface area contributed by atoms with Crippen molar-refractivity contribution in [1.29, 1.82) is 0 Å². The molecule has 1 aromatic rings. The molecule has 0 radical (unpaired) electrons. The molecule has 2 rings (SSSR count). The number of hydrogen-bond donors (Lipinski definition) is 2. The fraction of sp³-hybridized carbons (Fsp3) is 0.444. The highest BCUT2D eigenvalue weighted by Gasteiger charge is 2.26. The minimum absolute atomic E-state index is 0.0124. The van der Waals surface area contributed by atoms with E-state index >= 15 is 0 Å². The molecule has 0 aromatic carbocycles. The van der Waals surface area contributed by atoms with Crippen LogP contribution in [0.5, 0.6) is 0 Å². The fourth-order valence-electron chi connectivity index (χ4n) is 1.62. The van der Waals surface area contributed by atoms with Gasteiger partial charge >= 0.3 is 0 Å². The minimum Gasteiger partial charge on any atom is -0.368 e. The van der Waals surface area contributed by atoms with Crippen LogP contribution in [0.4, 0.5) is 11.8 Å². The Labute approximate surface area is 87.5 Å². The molecule has 1 aliphatic rings. The third-order valence-electron chi connectivity index (χ3n) is 2.45. The van der Waals surface area contributed by atoms with Crippen molar-refractivity contribution in [2.75, 3.05) is 23.7 Å². The third-order valence-corrected chi connectivity index (χ3v) is 2.45. The van der Waals surface area contributed by atoms with Gasteiger partial charge in [0.15, 0.2) is 0 Å². The van der Waals surface area contributed by atoms with Crippen molar-refractivity contribution in [1.82, 2.24) is 15.3 Å². The standard InChI is InChI=1S/C9H13N5O/c1-6-8(15)11-4-5-14(6)7-2-3-12-9(10)13-7/h2-3,6H,4-5H2,1H3,(H,11,15)(H2,10,12,13). The van der Waals surface area contributed by atoms with Crippen LogP contribution in [0.2, 0.25) is 0 Å². The Hall–Kier alpha value is -1.85. The monoisotopic (exact) mass is 207 g/mol. The topological polar surface area (TPSA) is 84.1 Å². The molecule has 2 heterocycles. The lowest BCUT2D eigenvalue weighted by Gasteiger charge is -2.33. The second kappa shape index (κ2) is 3.72. The molecule has 0 spiro atoms. The van der Waals surface area contributed by atoms with E-state index in [1.807, 2.05) is 11.8 Å². The number of carbonyl (C=O) groups excluding carboxylic acids is 1. The van der Waals surface area contributed by atoms with Gasteiger partial charge in [-0.3, -0.25) is 4.79 Å². The number of nitrogen functional groups attached to an aromatic ring is 1. The number of rotatable bonds is 1. The van der Waals surface area contributed by atoms with Crippen LogP contribution < -0.4 is 16.0 Å². The van der Waals surface area contributed by atoms with Crippen LogP contribution in [0.3, 0.4) is 0 Å². The lowest BCUT2D eigenvalue weighted by molar-refractivity contribution is -0.122. The summed E-state index contributed by atoms with van der Waals surface area (Å²) < 4.78 is 0. The van der Waals surface area contributed by atoms with E-state index in [1.165, 1.54) is 0 Å². The molecule has 1 unspecified atom stereocenters. The summed E-state index contributed by atoms with van der Waals surface area (Å²) in [5, 5.41) is 2.79. The second-order valence-electron chi connectivity index (χ2n) is 3.43. The normalized spacial score (nSPS) is 21.3. The van der Waals surface area contributed by atoms with Gasteiger partial charge in [-0.2, -0.15) is 4.98 Å². The summed E-state index contributed by atoms with van der Waals surface area (Å²) in [6.45, 7) is 3.21. The Morgan fingerprint density at radius 1 is 1.67 bits per heavy atom. The van der Waals surface area contributed by atoms with Crippen molar-refractivity contribution >= 4 is 17.7 Å². The van der Waals surface area contributed by atoms with Crippen LogP contribution in [0.1, 0.15) is 6.92 Å². The van der Waals surface area contributed by atoms with Crippen LogP contribution >= 0.6 is 0 Å². The summed E-state index contributed by atoms with van der Waals surface area (Å²) in [6, 6.07) is 1.54. The average Bonchev–Trinajstić information content (AvgIpc) is 2.22. The molecule has 6 heteroatoms. The summed E-state index contributed by atoms with van der Waals surface area (Å²) in [6.07, 6.45) is 1.59. The number of nitrogens with zero attached hydrogens (tertiary/aromatic N) is 3. The molecule has 0 bridgehead atoms. The van der Waals surface area contributed by atoms with E-state index in [2.05, 4.69) is 15.3 Å². The molecular weight excluding hydrogens is 194 g/mol. The summed E-state index contributed by atoms with van der Waals surface area (Å²) in [5.74, 6) is 0.939. The quantitative estimate of drug-likeness (QED) is 0.641. The lowest BCUT2D eigenvalue weighted by Crippen LogP contribution is -2.54. The van der Waals surface area contributed by atoms with Gasteiger partial charge in [0.25, 0.3) is 0 Å². The van der Waals surface area contributed by atoms with Crippen molar-refractivity contribution in [2.45, 2.75) is 13.0 Å². The lowest BCUT2D eigenvalue weighted by atomic mass is 10.2. The van der Waals surface area contributed by atoms with Crippen molar-refractivity contribution in [3.05, 3.63) is 12.3 Å². The van der Waals surface area contributed by atoms with E-state index in [0.717, 1.165) is 6.54 Å². The van der Waals surface area contributed by atoms with Gasteiger partial charge in [-0.15, -0.1) is 0 Å². The van der Waals surface area contributed by atoms with Gasteiger partial charge in [0.05, 0.1) is 0 Å². The van der Waals surface area contributed by atoms with Crippen LogP contribution in [0.15, 0.2) is 12.3 Å². The maximum Gasteiger partial charge on any atom is 0.242 e. The highest BCUT2D eigenvalue weighted by Crippen LogP contribution is 2.15. The highest BCUT2D eigenvalue weighted by molar-refractivity contribution is 5.85. The largest absolute Gasteiger partial charge is 0.368 e. The van der Waals surface area contributed by atoms with E-state index in [4.69, 9.17) is 5.73 Å². The smallest absolute Gasteiger partial charge is 0.242 e. The molecule has 15 heavy (non-hydrogen) atoms. The zero-order chi connectivity index (χ0) is 10.8. The number of hydrogen-bond acceptors (Lipinski definition) is 5. The second-order valence-corrected chi connectivity index (χ2v) is 3.43. The number of amides is 1. The summed E-state index contributed by atoms with van der Waals surface area (Å²) in [4.78, 5) is 21.3. The predicted molar refractivity (Wildman–Crippen MR) is 56.3 cm³/mol. The first-order chi connectivity index (χ1) is 7.18. The molecule has 80 valence electrons. The van der Waals surface area contributed by atoms with Gasteiger partial charge in [-0.25, -0.2) is 4.98 Å². The first-order valence-corrected chi connectivity index (χ1v) is 4.81. The Morgan fingerprint density at radius 3 is 3.20 bits per heavy atom. The number of nitrogens with two attached hydrogens (primary N) is 1. The van der Waals surface area contributed by atoms with Crippen molar-refractivity contribution in [3.63, 3.8) is 0 Å². The maximum absolute atomic E-state index is 11.4. The van der Waals surface area contributed by atoms with E-state index in [1.54, 1.807) is 12.3 Å². The minimum atomic E-state index is -0.215. The van der Waals surface area contributed by atoms with Gasteiger partial charge in [0, 0.05) is 19.3 Å². The van der Waals surface area contributed by atoms with E-state index in [9.17, 15) is 4.79 Å². The number of nitrogens with one attached hydrogen (secondary N) is 1. The van der Waals surface area contributed by atoms with Gasteiger partial charge in [0.2, 0.25) is 11.9 Å². The van der Waals surface area contributed by atoms with Crippen molar-refractivity contribution in [2.24, 2.45) is 0 Å². The van der Waals surface area contributed by atoms with Crippen LogP contribution in [0, 0.1) is 0 Å². The van der Waals surface area contributed by atoms with Crippen LogP contribution in [0.25, 0.3) is 0 Å². The molecule has 1 fully saturated rings. The van der Waals surface area contributed by atoms with Crippen LogP contribution in [-0.2, 0) is 4.79 Å². The molecule has 0 saturated carbocycles. The average molecular weight is 207 g/mol. The highest BCUT2D eigenvalue weighted by atomic mass is 16.2. The van der Waals surface area contributed by atoms with Crippen molar-refractivity contribution in [3.8, 4) is 0 Å². The Kier molecular flexibility index (Phi) is 2.40. The van der Waals surface area contributed by atoms with E-state index in [-0.39, 0.29) is 17.9 Å². The molecule has 1 aliphatic heterocycles. The maximum atomic E-state index is 11.4. The molecule has 1 aromatic heterocycles. The molecule has 3 N–H and O–H groups in total. The number of anilines is 2. The molecule has 6 nitrogen and oxygen atoms in total. The van der Waals surface area contributed by atoms with E-state index < -0.39 is 0 Å². The SMILES string of the molecule is CC1C(=O)NCCN1c1ccnc(N)n1. The Morgan fingerprint density at radius 2 is 2.47 bits per heavy atom. The van der Waals surface area contributed by atoms with Gasteiger partial charge < -0.3 is 16.0 Å². The molecule has 0 aliphatic carbocycles. The zero-order valence-corrected chi connectivity index (χ0v) is 8.47. The first kappa shape index (κ1) is 9.70. The third kappa shape index (κ3) is 1.83. The van der Waals surface area contributed by atoms with Gasteiger partial charge in [0.1, 0.15) is 11.9 Å². The summed E-state index contributed by atoms with van der Waals surface area (Å²) in [5.41, 5.74) is 5.50. The molecule has 1 saturated heterocycles. The molecule has 1 amide bonds.